The van der Waals surface area contributed by atoms with Crippen LogP contribution < -0.4 is 42.5 Å². The van der Waals surface area contributed by atoms with Gasteiger partial charge in [-0.05, 0) is 98.7 Å². The van der Waals surface area contributed by atoms with Crippen LogP contribution in [0.3, 0.4) is 0 Å². The van der Waals surface area contributed by atoms with Crippen molar-refractivity contribution in [1.29, 1.82) is 0 Å². The van der Waals surface area contributed by atoms with E-state index in [-0.39, 0.29) is 39.9 Å². The van der Waals surface area contributed by atoms with Crippen molar-refractivity contribution in [3.8, 4) is 0 Å². The average molecular weight is 785 g/mol. The molecule has 9 fully saturated rings. The fourth-order valence-corrected chi connectivity index (χ4v) is 12.0. The summed E-state index contributed by atoms with van der Waals surface area (Å²) in [6.07, 6.45) is 25.6. The topological polar surface area (TPSA) is 96.2 Å². The van der Waals surface area contributed by atoms with Gasteiger partial charge in [-0.1, -0.05) is 51.4 Å². The van der Waals surface area contributed by atoms with Gasteiger partial charge in [0.15, 0.2) is 0 Å². The zero-order valence-corrected chi connectivity index (χ0v) is 29.2. The van der Waals surface area contributed by atoms with E-state index in [1.807, 2.05) is 0 Å². The Labute approximate surface area is 280 Å². The maximum absolute atomic E-state index is 4.26. The van der Waals surface area contributed by atoms with Gasteiger partial charge in [0.1, 0.15) is 0 Å². The summed E-state index contributed by atoms with van der Waals surface area (Å²) >= 11 is 0. The average Bonchev–Trinajstić information content (AvgIpc) is 3.73. The molecule has 0 aromatic carbocycles. The molecule has 9 heteroatoms. The summed E-state index contributed by atoms with van der Waals surface area (Å²) in [7, 11) is 0. The van der Waals surface area contributed by atoms with Gasteiger partial charge in [-0.15, -0.1) is 0 Å². The first kappa shape index (κ1) is 29.4. The first-order valence-corrected chi connectivity index (χ1v) is 17.9. The molecule has 5 saturated heterocycles. The molecular weight excluding hydrogens is 728 g/mol. The molecule has 5 heterocycles. The summed E-state index contributed by atoms with van der Waals surface area (Å²) in [5.74, 6) is 5.97. The minimum absolute atomic E-state index is 0. The van der Waals surface area contributed by atoms with Crippen molar-refractivity contribution < 1.29 is 39.9 Å². The van der Waals surface area contributed by atoms with Crippen molar-refractivity contribution in [3.05, 3.63) is 0 Å². The van der Waals surface area contributed by atoms with Crippen molar-refractivity contribution in [2.24, 2.45) is 47.3 Å². The zero-order valence-electron chi connectivity index (χ0n) is 25.1. The van der Waals surface area contributed by atoms with Crippen LogP contribution in [0.1, 0.15) is 103 Å². The van der Waals surface area contributed by atoms with Crippen molar-refractivity contribution in [1.82, 2.24) is 42.5 Å². The maximum atomic E-state index is 4.26. The zero-order chi connectivity index (χ0) is 26.2. The molecule has 0 radical (unpaired) electrons. The van der Waals surface area contributed by atoms with E-state index in [1.165, 1.54) is 103 Å². The Kier molecular flexibility index (Phi) is 8.83. The first-order chi connectivity index (χ1) is 19.8. The van der Waals surface area contributed by atoms with Crippen molar-refractivity contribution in [3.63, 3.8) is 0 Å². The number of fused-ring (bicyclic) bond motifs is 20. The molecule has 8 nitrogen and oxygen atoms in total. The van der Waals surface area contributed by atoms with Crippen LogP contribution in [0.25, 0.3) is 0 Å². The van der Waals surface area contributed by atoms with Crippen LogP contribution >= 0.6 is 0 Å². The Morgan fingerprint density at radius 1 is 0.220 bits per heavy atom. The van der Waals surface area contributed by atoms with Crippen LogP contribution in [0.15, 0.2) is 0 Å². The second kappa shape index (κ2) is 12.3. The quantitative estimate of drug-likeness (QED) is 0.190. The molecule has 8 unspecified atom stereocenters. The largest absolute Gasteiger partial charge is 0.286 e. The Hall–Kier alpha value is 1.00. The first-order valence-electron chi connectivity index (χ1n) is 17.9. The summed E-state index contributed by atoms with van der Waals surface area (Å²) in [5.41, 5.74) is 0. The van der Waals surface area contributed by atoms with E-state index in [0.717, 1.165) is 47.3 Å². The predicted molar refractivity (Wildman–Crippen MR) is 157 cm³/mol. The Balaban J connectivity index is 0.00000256. The SMILES string of the molecule is C1CCC2C3NC(NC4NC(NC5NC(NC6NC(N3)C3CCCCC63)C3CCCCC53)C3CCCCC43)C2C1.[Th]. The molecule has 8 N–H and O–H groups in total. The number of hydrogen-bond donors (Lipinski definition) is 8. The van der Waals surface area contributed by atoms with E-state index in [4.69, 9.17) is 0 Å². The third kappa shape index (κ3) is 5.25. The predicted octanol–water partition coefficient (Wildman–Crippen LogP) is 2.61. The summed E-state index contributed by atoms with van der Waals surface area (Å²) < 4.78 is 0. The fourth-order valence-electron chi connectivity index (χ4n) is 12.0. The molecule has 8 bridgehead atoms. The molecule has 0 spiro atoms. The molecule has 9 aliphatic rings. The standard InChI is InChI=1S/C32H56N8.Th/c1-2-10-18-17(9-1)25-33-26(18)38-28-21-13-5-6-14-22(21)30(35-28)40-32-24-16-8-7-15-23(24)31(36-32)39-29-20-12-4-3-11-19(20)27(34-29)37-25;/h17-40H,1-16H2;. The van der Waals surface area contributed by atoms with Crippen molar-refractivity contribution in [2.45, 2.75) is 152 Å². The molecule has 0 aromatic rings. The number of hydrogen-bond acceptors (Lipinski definition) is 8. The van der Waals surface area contributed by atoms with Gasteiger partial charge in [0.2, 0.25) is 0 Å². The van der Waals surface area contributed by atoms with Crippen molar-refractivity contribution >= 4 is 0 Å². The van der Waals surface area contributed by atoms with E-state index in [1.54, 1.807) is 0 Å². The molecule has 8 atom stereocenters. The number of rotatable bonds is 0. The van der Waals surface area contributed by atoms with E-state index in [9.17, 15) is 0 Å². The minimum atomic E-state index is 0. The van der Waals surface area contributed by atoms with Gasteiger partial charge in [-0.25, -0.2) is 0 Å². The molecule has 4 aliphatic carbocycles. The molecule has 5 aliphatic heterocycles. The summed E-state index contributed by atoms with van der Waals surface area (Å²) in [4.78, 5) is 0. The van der Waals surface area contributed by atoms with Gasteiger partial charge in [0.05, 0.1) is 49.3 Å². The molecule has 41 heavy (non-hydrogen) atoms. The third-order valence-corrected chi connectivity index (χ3v) is 13.8. The Morgan fingerprint density at radius 2 is 0.341 bits per heavy atom. The molecule has 0 aromatic heterocycles. The summed E-state index contributed by atoms with van der Waals surface area (Å²) in [5, 5.41) is 33.8. The van der Waals surface area contributed by atoms with Crippen LogP contribution in [-0.4, -0.2) is 49.3 Å². The Morgan fingerprint density at radius 3 is 0.463 bits per heavy atom. The molecule has 9 rings (SSSR count). The van der Waals surface area contributed by atoms with Gasteiger partial charge >= 0.3 is 0 Å². The maximum Gasteiger partial charge on any atom is 0.0628 e. The summed E-state index contributed by atoms with van der Waals surface area (Å²) in [6.45, 7) is 0. The van der Waals surface area contributed by atoms with E-state index in [2.05, 4.69) is 42.5 Å². The van der Waals surface area contributed by atoms with Gasteiger partial charge in [-0.3, -0.25) is 42.5 Å². The van der Waals surface area contributed by atoms with E-state index >= 15 is 0 Å². The smallest absolute Gasteiger partial charge is 0.0628 e. The number of nitrogens with one attached hydrogen (secondary N) is 8. The van der Waals surface area contributed by atoms with E-state index in [0.29, 0.717) is 49.3 Å². The Bertz CT molecular complexity index is 716. The van der Waals surface area contributed by atoms with Gasteiger partial charge in [-0.2, -0.15) is 0 Å². The van der Waals surface area contributed by atoms with E-state index < -0.39 is 0 Å². The fraction of sp³-hybridized carbons (Fsp3) is 1.00. The van der Waals surface area contributed by atoms with Crippen molar-refractivity contribution in [2.75, 3.05) is 0 Å². The second-order valence-corrected chi connectivity index (χ2v) is 15.6. The van der Waals surface area contributed by atoms with Crippen LogP contribution in [0.4, 0.5) is 0 Å². The van der Waals surface area contributed by atoms with Crippen LogP contribution in [-0.2, 0) is 0 Å². The minimum Gasteiger partial charge on any atom is -0.286 e. The normalized spacial score (nSPS) is 56.2. The molecular formula is C32H56N8Th. The van der Waals surface area contributed by atoms with Gasteiger partial charge in [0.25, 0.3) is 0 Å². The summed E-state index contributed by atoms with van der Waals surface area (Å²) in [6, 6.07) is 0. The monoisotopic (exact) mass is 785 g/mol. The van der Waals surface area contributed by atoms with Gasteiger partial charge in [0, 0.05) is 39.9 Å². The molecule has 0 amide bonds. The molecule has 228 valence electrons. The van der Waals surface area contributed by atoms with Crippen LogP contribution in [0, 0.1) is 87.3 Å². The van der Waals surface area contributed by atoms with Crippen LogP contribution in [0.2, 0.25) is 0 Å². The van der Waals surface area contributed by atoms with Gasteiger partial charge < -0.3 is 0 Å². The third-order valence-electron chi connectivity index (χ3n) is 13.8. The second-order valence-electron chi connectivity index (χ2n) is 15.6. The van der Waals surface area contributed by atoms with Crippen LogP contribution in [0.5, 0.6) is 0 Å². The molecule has 4 saturated carbocycles.